The Balaban J connectivity index is 0.00000144. The maximum absolute atomic E-state index is 10.2. The summed E-state index contributed by atoms with van der Waals surface area (Å²) >= 11 is -1.86. The minimum atomic E-state index is -1.86. The molecule has 1 aliphatic heterocycles. The van der Waals surface area contributed by atoms with Crippen molar-refractivity contribution in [1.29, 1.82) is 0 Å². The maximum Gasteiger partial charge on any atom is 0.0114 e. The van der Waals surface area contributed by atoms with E-state index in [1.54, 1.807) is 0 Å². The van der Waals surface area contributed by atoms with Crippen LogP contribution in [-0.4, -0.2) is 52.1 Å². The van der Waals surface area contributed by atoms with Gasteiger partial charge in [-0.25, -0.2) is 0 Å². The van der Waals surface area contributed by atoms with Gasteiger partial charge >= 0.3 is 0 Å². The summed E-state index contributed by atoms with van der Waals surface area (Å²) in [5.74, 6) is 0.296. The van der Waals surface area contributed by atoms with Crippen LogP contribution >= 0.6 is 12.4 Å². The standard InChI is InChI=1S/C7H16N2O2S.ClH/c10-12(11)7-1-4-9-5-2-8-3-6-9;/h8H,1-7H2,(H,10,11);1H/p-1. The van der Waals surface area contributed by atoms with E-state index >= 15 is 0 Å². The molecule has 1 unspecified atom stereocenters. The van der Waals surface area contributed by atoms with E-state index in [9.17, 15) is 8.76 Å². The first-order chi connectivity index (χ1) is 5.79. The molecular formula is C7H16ClN2O2S-. The maximum atomic E-state index is 10.2. The molecule has 6 heteroatoms. The quantitative estimate of drug-likeness (QED) is 0.664. The van der Waals surface area contributed by atoms with Crippen molar-refractivity contribution < 1.29 is 8.76 Å². The smallest absolute Gasteiger partial charge is 0.0114 e. The van der Waals surface area contributed by atoms with E-state index in [0.717, 1.165) is 39.1 Å². The lowest BCUT2D eigenvalue weighted by atomic mass is 10.3. The van der Waals surface area contributed by atoms with Crippen LogP contribution in [0.3, 0.4) is 0 Å². The van der Waals surface area contributed by atoms with Crippen molar-refractivity contribution in [3.8, 4) is 0 Å². The van der Waals surface area contributed by atoms with Crippen LogP contribution in [0.5, 0.6) is 0 Å². The Morgan fingerprint density at radius 3 is 2.54 bits per heavy atom. The van der Waals surface area contributed by atoms with E-state index in [2.05, 4.69) is 10.2 Å². The first kappa shape index (κ1) is 13.3. The van der Waals surface area contributed by atoms with Crippen LogP contribution in [-0.2, 0) is 11.1 Å². The zero-order chi connectivity index (χ0) is 8.81. The zero-order valence-electron chi connectivity index (χ0n) is 7.53. The average molecular weight is 228 g/mol. The van der Waals surface area contributed by atoms with Gasteiger partial charge in [-0.2, -0.15) is 0 Å². The number of rotatable bonds is 4. The Morgan fingerprint density at radius 2 is 2.00 bits per heavy atom. The molecule has 0 aromatic carbocycles. The van der Waals surface area contributed by atoms with Gasteiger partial charge in [-0.05, 0) is 13.0 Å². The molecule has 0 saturated carbocycles. The second-order valence-corrected chi connectivity index (χ2v) is 3.97. The van der Waals surface area contributed by atoms with Crippen LogP contribution in [0, 0.1) is 0 Å². The van der Waals surface area contributed by atoms with Gasteiger partial charge in [0.15, 0.2) is 0 Å². The number of piperazine rings is 1. The predicted molar refractivity (Wildman–Crippen MR) is 55.0 cm³/mol. The molecule has 80 valence electrons. The summed E-state index contributed by atoms with van der Waals surface area (Å²) in [6.45, 7) is 5.06. The van der Waals surface area contributed by atoms with Crippen LogP contribution in [0.15, 0.2) is 0 Å². The van der Waals surface area contributed by atoms with Crippen molar-refractivity contribution in [2.75, 3.05) is 38.5 Å². The summed E-state index contributed by atoms with van der Waals surface area (Å²) in [5.41, 5.74) is 0. The van der Waals surface area contributed by atoms with Gasteiger partial charge in [0, 0.05) is 31.9 Å². The topological polar surface area (TPSA) is 55.4 Å². The number of hydrogen-bond donors (Lipinski definition) is 1. The summed E-state index contributed by atoms with van der Waals surface area (Å²) in [6, 6.07) is 0. The third-order valence-corrected chi connectivity index (χ3v) is 2.62. The molecule has 1 aliphatic rings. The molecule has 0 spiro atoms. The van der Waals surface area contributed by atoms with E-state index < -0.39 is 11.1 Å². The molecule has 0 radical (unpaired) electrons. The zero-order valence-corrected chi connectivity index (χ0v) is 9.16. The van der Waals surface area contributed by atoms with E-state index in [1.165, 1.54) is 0 Å². The van der Waals surface area contributed by atoms with E-state index in [0.29, 0.717) is 5.75 Å². The molecule has 0 aliphatic carbocycles. The Labute approximate surface area is 87.8 Å². The molecule has 0 amide bonds. The van der Waals surface area contributed by atoms with Gasteiger partial charge in [-0.1, -0.05) is 11.1 Å². The minimum absolute atomic E-state index is 0. The van der Waals surface area contributed by atoms with Crippen LogP contribution in [0.1, 0.15) is 6.42 Å². The third-order valence-electron chi connectivity index (χ3n) is 1.99. The molecule has 4 nitrogen and oxygen atoms in total. The molecule has 0 aromatic heterocycles. The van der Waals surface area contributed by atoms with Gasteiger partial charge in [0.25, 0.3) is 0 Å². The molecule has 1 fully saturated rings. The van der Waals surface area contributed by atoms with Crippen LogP contribution in [0.4, 0.5) is 0 Å². The second kappa shape index (κ2) is 7.70. The first-order valence-corrected chi connectivity index (χ1v) is 5.52. The number of nitrogens with one attached hydrogen (secondary N) is 1. The lowest BCUT2D eigenvalue weighted by Gasteiger charge is -2.27. The molecule has 1 rings (SSSR count). The molecule has 1 N–H and O–H groups in total. The highest BCUT2D eigenvalue weighted by Crippen LogP contribution is 1.94. The van der Waals surface area contributed by atoms with Crippen molar-refractivity contribution in [3.05, 3.63) is 0 Å². The second-order valence-electron chi connectivity index (χ2n) is 2.95. The highest BCUT2D eigenvalue weighted by atomic mass is 35.5. The highest BCUT2D eigenvalue weighted by Gasteiger charge is 2.07. The molecular weight excluding hydrogens is 212 g/mol. The van der Waals surface area contributed by atoms with Gasteiger partial charge in [0.05, 0.1) is 0 Å². The SMILES string of the molecule is Cl.O=S([O-])CCCN1CCNCC1. The Kier molecular flexibility index (Phi) is 7.89. The van der Waals surface area contributed by atoms with Crippen LogP contribution in [0.25, 0.3) is 0 Å². The van der Waals surface area contributed by atoms with Crippen LogP contribution < -0.4 is 5.32 Å². The lowest BCUT2D eigenvalue weighted by molar-refractivity contribution is 0.242. The van der Waals surface area contributed by atoms with E-state index in [4.69, 9.17) is 0 Å². The van der Waals surface area contributed by atoms with Crippen molar-refractivity contribution >= 4 is 23.5 Å². The van der Waals surface area contributed by atoms with Crippen molar-refractivity contribution in [2.45, 2.75) is 6.42 Å². The number of nitrogens with zero attached hydrogens (tertiary/aromatic N) is 1. The normalized spacial score (nSPS) is 20.7. The molecule has 1 heterocycles. The highest BCUT2D eigenvalue weighted by molar-refractivity contribution is 7.79. The van der Waals surface area contributed by atoms with Crippen molar-refractivity contribution in [1.82, 2.24) is 10.2 Å². The predicted octanol–water partition coefficient (Wildman–Crippen LogP) is -0.417. The number of hydrogen-bond acceptors (Lipinski definition) is 4. The summed E-state index contributed by atoms with van der Waals surface area (Å²) < 4.78 is 20.4. The first-order valence-electron chi connectivity index (χ1n) is 4.28. The molecule has 0 aromatic rings. The van der Waals surface area contributed by atoms with Gasteiger partial charge in [0.2, 0.25) is 0 Å². The van der Waals surface area contributed by atoms with E-state index in [1.807, 2.05) is 0 Å². The minimum Gasteiger partial charge on any atom is -0.772 e. The van der Waals surface area contributed by atoms with Gasteiger partial charge < -0.3 is 14.8 Å². The van der Waals surface area contributed by atoms with Gasteiger partial charge in [0.1, 0.15) is 0 Å². The monoisotopic (exact) mass is 227 g/mol. The largest absolute Gasteiger partial charge is 0.772 e. The summed E-state index contributed by atoms with van der Waals surface area (Å²) in [6.07, 6.45) is 0.760. The van der Waals surface area contributed by atoms with Crippen molar-refractivity contribution in [3.63, 3.8) is 0 Å². The lowest BCUT2D eigenvalue weighted by Crippen LogP contribution is -2.43. The van der Waals surface area contributed by atoms with Gasteiger partial charge in [-0.15, -0.1) is 12.4 Å². The fourth-order valence-electron chi connectivity index (χ4n) is 1.34. The molecule has 1 atom stereocenters. The van der Waals surface area contributed by atoms with Crippen molar-refractivity contribution in [2.24, 2.45) is 0 Å². The number of halogens is 1. The van der Waals surface area contributed by atoms with Gasteiger partial charge in [-0.3, -0.25) is 4.21 Å². The molecule has 0 bridgehead atoms. The summed E-state index contributed by atoms with van der Waals surface area (Å²) in [5, 5.41) is 3.25. The Hall–Kier alpha value is 0.320. The van der Waals surface area contributed by atoms with E-state index in [-0.39, 0.29) is 12.4 Å². The van der Waals surface area contributed by atoms with Crippen LogP contribution in [0.2, 0.25) is 0 Å². The molecule has 13 heavy (non-hydrogen) atoms. The third kappa shape index (κ3) is 6.40. The average Bonchev–Trinajstić information content (AvgIpc) is 2.05. The fourth-order valence-corrected chi connectivity index (χ4v) is 1.71. The Bertz CT molecular complexity index is 153. The fraction of sp³-hybridized carbons (Fsp3) is 1.00. The summed E-state index contributed by atoms with van der Waals surface area (Å²) in [7, 11) is 0. The molecule has 1 saturated heterocycles. The Morgan fingerprint density at radius 1 is 1.38 bits per heavy atom. The summed E-state index contributed by atoms with van der Waals surface area (Å²) in [4.78, 5) is 2.30.